The van der Waals surface area contributed by atoms with Crippen LogP contribution in [0, 0.1) is 11.3 Å². The van der Waals surface area contributed by atoms with E-state index in [9.17, 15) is 19.6 Å². The highest BCUT2D eigenvalue weighted by atomic mass is 16.5. The topological polar surface area (TPSA) is 123 Å². The number of nitriles is 1. The first-order chi connectivity index (χ1) is 14.3. The Labute approximate surface area is 178 Å². The van der Waals surface area contributed by atoms with Crippen LogP contribution < -0.4 is 5.32 Å². The van der Waals surface area contributed by atoms with Gasteiger partial charge in [-0.05, 0) is 44.6 Å². The Morgan fingerprint density at radius 3 is 2.70 bits per heavy atom. The molecule has 0 radical (unpaired) electrons. The minimum absolute atomic E-state index is 0.0143. The fraction of sp³-hybridized carbons (Fsp3) is 0.571. The van der Waals surface area contributed by atoms with E-state index in [-0.39, 0.29) is 25.0 Å². The number of amides is 2. The molecule has 1 aliphatic heterocycles. The Kier molecular flexibility index (Phi) is 8.69. The maximum Gasteiger partial charge on any atom is 0.475 e. The van der Waals surface area contributed by atoms with Crippen molar-refractivity contribution < 1.29 is 24.4 Å². The number of aryl methyl sites for hydroxylation is 1. The molecule has 0 bridgehead atoms. The van der Waals surface area contributed by atoms with Crippen LogP contribution in [0.25, 0.3) is 0 Å². The van der Waals surface area contributed by atoms with E-state index >= 15 is 0 Å². The van der Waals surface area contributed by atoms with Gasteiger partial charge in [-0.15, -0.1) is 0 Å². The van der Waals surface area contributed by atoms with E-state index in [1.165, 1.54) is 0 Å². The van der Waals surface area contributed by atoms with Crippen molar-refractivity contribution in [2.45, 2.75) is 69.9 Å². The van der Waals surface area contributed by atoms with Crippen molar-refractivity contribution in [2.75, 3.05) is 6.61 Å². The fourth-order valence-corrected chi connectivity index (χ4v) is 4.03. The van der Waals surface area contributed by atoms with Gasteiger partial charge in [-0.3, -0.25) is 4.79 Å². The lowest BCUT2D eigenvalue weighted by atomic mass is 9.76. The normalized spacial score (nSPS) is 21.6. The number of hydrogen-bond acceptors (Lipinski definition) is 6. The molecule has 1 heterocycles. The molecule has 1 aromatic carbocycles. The summed E-state index contributed by atoms with van der Waals surface area (Å²) in [7, 11) is -1.72. The lowest BCUT2D eigenvalue weighted by Gasteiger charge is -2.37. The number of likely N-dealkylation sites (tertiary alicyclic amines) is 1. The van der Waals surface area contributed by atoms with Gasteiger partial charge in [-0.2, -0.15) is 5.26 Å². The van der Waals surface area contributed by atoms with Crippen LogP contribution in [-0.4, -0.2) is 58.2 Å². The Balaban J connectivity index is 1.93. The number of carbonyl (C=O) groups is 2. The Hall–Kier alpha value is -2.57. The molecule has 1 saturated heterocycles. The number of nitrogens with zero attached hydrogens (tertiary/aromatic N) is 2. The highest BCUT2D eigenvalue weighted by Gasteiger charge is 2.45. The quantitative estimate of drug-likeness (QED) is 0.529. The largest absolute Gasteiger partial charge is 0.475 e. The van der Waals surface area contributed by atoms with Crippen LogP contribution in [0.5, 0.6) is 0 Å². The fourth-order valence-electron chi connectivity index (χ4n) is 4.03. The van der Waals surface area contributed by atoms with Gasteiger partial charge in [-0.25, -0.2) is 4.79 Å². The Morgan fingerprint density at radius 1 is 1.40 bits per heavy atom. The van der Waals surface area contributed by atoms with Crippen LogP contribution in [0.4, 0.5) is 4.79 Å². The van der Waals surface area contributed by atoms with E-state index in [1.807, 2.05) is 50.2 Å². The second-order valence-corrected chi connectivity index (χ2v) is 7.96. The minimum Gasteiger partial charge on any atom is -0.447 e. The molecule has 3 N–H and O–H groups in total. The average molecular weight is 415 g/mol. The van der Waals surface area contributed by atoms with Gasteiger partial charge in [-0.1, -0.05) is 37.3 Å². The van der Waals surface area contributed by atoms with Crippen molar-refractivity contribution in [3.8, 4) is 6.07 Å². The Morgan fingerprint density at radius 2 is 2.10 bits per heavy atom. The van der Waals surface area contributed by atoms with E-state index in [4.69, 9.17) is 10.00 Å². The van der Waals surface area contributed by atoms with Crippen LogP contribution in [-0.2, 0) is 16.0 Å². The van der Waals surface area contributed by atoms with Gasteiger partial charge < -0.3 is 25.0 Å². The Bertz CT molecular complexity index is 755. The summed E-state index contributed by atoms with van der Waals surface area (Å²) in [5.41, 5.74) is 0.331. The van der Waals surface area contributed by atoms with Gasteiger partial charge in [0.25, 0.3) is 0 Å². The van der Waals surface area contributed by atoms with Crippen LogP contribution >= 0.6 is 0 Å². The standard InChI is InChI=1S/C21H30BN3O5/c1-3-17-11-13-21(2,25(17)19(26)12-14-23)15-30-20(27)24-18(22(28)29)10-9-16-7-5-4-6-8-16/h4-8,17-18,28-29H,3,9-13,15H2,1-2H3,(H,24,27). The number of hydrogen-bond donors (Lipinski definition) is 3. The van der Waals surface area contributed by atoms with Gasteiger partial charge in [0.05, 0.1) is 17.5 Å². The lowest BCUT2D eigenvalue weighted by Crippen LogP contribution is -2.53. The number of rotatable bonds is 9. The van der Waals surface area contributed by atoms with Gasteiger partial charge in [0.15, 0.2) is 0 Å². The van der Waals surface area contributed by atoms with E-state index in [1.54, 1.807) is 4.90 Å². The van der Waals surface area contributed by atoms with Crippen molar-refractivity contribution in [3.05, 3.63) is 35.9 Å². The van der Waals surface area contributed by atoms with Gasteiger partial charge in [0, 0.05) is 6.04 Å². The molecular weight excluding hydrogens is 385 g/mol. The SMILES string of the molecule is CCC1CCC(C)(COC(=O)NC(CCc2ccccc2)B(O)O)N1C(=O)CC#N. The molecule has 3 unspecified atom stereocenters. The summed E-state index contributed by atoms with van der Waals surface area (Å²) in [6, 6.07) is 11.4. The summed E-state index contributed by atoms with van der Waals surface area (Å²) >= 11 is 0. The molecule has 0 spiro atoms. The first kappa shape index (κ1) is 23.7. The molecule has 0 aliphatic carbocycles. The number of nitrogens with one attached hydrogen (secondary N) is 1. The van der Waals surface area contributed by atoms with Crippen molar-refractivity contribution in [3.63, 3.8) is 0 Å². The van der Waals surface area contributed by atoms with Crippen LogP contribution in [0.15, 0.2) is 30.3 Å². The first-order valence-electron chi connectivity index (χ1n) is 10.3. The highest BCUT2D eigenvalue weighted by Crippen LogP contribution is 2.36. The van der Waals surface area contributed by atoms with Crippen LogP contribution in [0.1, 0.15) is 51.5 Å². The predicted molar refractivity (Wildman–Crippen MR) is 112 cm³/mol. The second-order valence-electron chi connectivity index (χ2n) is 7.96. The summed E-state index contributed by atoms with van der Waals surface area (Å²) in [5, 5.41) is 30.6. The molecule has 0 saturated carbocycles. The molecule has 1 aromatic rings. The predicted octanol–water partition coefficient (Wildman–Crippen LogP) is 1.80. The summed E-state index contributed by atoms with van der Waals surface area (Å²) in [4.78, 5) is 26.4. The zero-order chi connectivity index (χ0) is 22.1. The van der Waals surface area contributed by atoms with Crippen LogP contribution in [0.2, 0.25) is 0 Å². The van der Waals surface area contributed by atoms with E-state index in [2.05, 4.69) is 5.32 Å². The average Bonchev–Trinajstić information content (AvgIpc) is 3.07. The third kappa shape index (κ3) is 6.21. The van der Waals surface area contributed by atoms with Gasteiger partial charge in [0.1, 0.15) is 13.0 Å². The summed E-state index contributed by atoms with van der Waals surface area (Å²) in [6.07, 6.45) is 2.12. The van der Waals surface area contributed by atoms with E-state index < -0.39 is 24.7 Å². The molecule has 30 heavy (non-hydrogen) atoms. The first-order valence-corrected chi connectivity index (χ1v) is 10.3. The van der Waals surface area contributed by atoms with E-state index in [0.29, 0.717) is 19.3 Å². The molecule has 162 valence electrons. The summed E-state index contributed by atoms with van der Waals surface area (Å²) in [5.74, 6) is -1.14. The lowest BCUT2D eigenvalue weighted by molar-refractivity contribution is -0.137. The molecule has 9 heteroatoms. The third-order valence-electron chi connectivity index (χ3n) is 5.70. The number of carbonyl (C=O) groups excluding carboxylic acids is 2. The molecule has 1 aliphatic rings. The molecule has 0 aromatic heterocycles. The van der Waals surface area contributed by atoms with Crippen LogP contribution in [0.3, 0.4) is 0 Å². The second kappa shape index (κ2) is 11.0. The molecule has 8 nitrogen and oxygen atoms in total. The monoisotopic (exact) mass is 415 g/mol. The van der Waals surface area contributed by atoms with Gasteiger partial charge >= 0.3 is 13.2 Å². The summed E-state index contributed by atoms with van der Waals surface area (Å²) in [6.45, 7) is 3.80. The maximum atomic E-state index is 12.4. The molecular formula is C21H30BN3O5. The smallest absolute Gasteiger partial charge is 0.447 e. The zero-order valence-electron chi connectivity index (χ0n) is 17.6. The summed E-state index contributed by atoms with van der Waals surface area (Å²) < 4.78 is 5.36. The number of benzene rings is 1. The number of ether oxygens (including phenoxy) is 1. The highest BCUT2D eigenvalue weighted by molar-refractivity contribution is 6.43. The van der Waals surface area contributed by atoms with Crippen molar-refractivity contribution in [2.24, 2.45) is 0 Å². The maximum absolute atomic E-state index is 12.4. The molecule has 1 fully saturated rings. The minimum atomic E-state index is -1.72. The molecule has 2 rings (SSSR count). The van der Waals surface area contributed by atoms with Gasteiger partial charge in [0.2, 0.25) is 5.91 Å². The molecule has 2 amide bonds. The number of alkyl carbamates (subject to hydrolysis) is 1. The van der Waals surface area contributed by atoms with Crippen molar-refractivity contribution in [1.82, 2.24) is 10.2 Å². The third-order valence-corrected chi connectivity index (χ3v) is 5.70. The van der Waals surface area contributed by atoms with Crippen molar-refractivity contribution >= 4 is 19.1 Å². The van der Waals surface area contributed by atoms with Crippen molar-refractivity contribution in [1.29, 1.82) is 5.26 Å². The van der Waals surface area contributed by atoms with E-state index in [0.717, 1.165) is 18.4 Å². The molecule has 3 atom stereocenters. The zero-order valence-corrected chi connectivity index (χ0v) is 17.6.